The Morgan fingerprint density at radius 1 is 1.57 bits per heavy atom. The maximum Gasteiger partial charge on any atom is 0.111 e. The van der Waals surface area contributed by atoms with E-state index in [1.165, 1.54) is 12.8 Å². The van der Waals surface area contributed by atoms with Crippen LogP contribution in [0.1, 0.15) is 31.4 Å². The molecule has 2 aliphatic carbocycles. The topological polar surface area (TPSA) is 50.9 Å². The fourth-order valence-corrected chi connectivity index (χ4v) is 3.30. The van der Waals surface area contributed by atoms with Crippen molar-refractivity contribution in [3.8, 4) is 0 Å². The van der Waals surface area contributed by atoms with Crippen LogP contribution in [0.3, 0.4) is 0 Å². The van der Waals surface area contributed by atoms with E-state index in [2.05, 4.69) is 10.3 Å². The number of hydrogen-bond acceptors (Lipinski definition) is 3. The van der Waals surface area contributed by atoms with Crippen molar-refractivity contribution in [2.75, 3.05) is 0 Å². The first-order chi connectivity index (χ1) is 6.70. The molecule has 0 aliphatic heterocycles. The van der Waals surface area contributed by atoms with Gasteiger partial charge in [0, 0.05) is 7.05 Å². The van der Waals surface area contributed by atoms with Crippen molar-refractivity contribution in [1.82, 2.24) is 15.0 Å². The molecule has 2 bridgehead atoms. The van der Waals surface area contributed by atoms with Gasteiger partial charge < -0.3 is 5.11 Å². The van der Waals surface area contributed by atoms with Gasteiger partial charge in [0.25, 0.3) is 0 Å². The highest BCUT2D eigenvalue weighted by Crippen LogP contribution is 2.55. The van der Waals surface area contributed by atoms with Crippen LogP contribution in [-0.4, -0.2) is 20.1 Å². The molecule has 0 radical (unpaired) electrons. The quantitative estimate of drug-likeness (QED) is 0.718. The molecule has 3 rings (SSSR count). The van der Waals surface area contributed by atoms with Crippen LogP contribution >= 0.6 is 0 Å². The second-order valence-corrected chi connectivity index (χ2v) is 4.75. The molecule has 3 atom stereocenters. The fraction of sp³-hybridized carbons (Fsp3) is 0.800. The van der Waals surface area contributed by atoms with Crippen molar-refractivity contribution in [1.29, 1.82) is 0 Å². The maximum absolute atomic E-state index is 10.6. The van der Waals surface area contributed by atoms with E-state index < -0.39 is 5.60 Å². The van der Waals surface area contributed by atoms with Crippen LogP contribution in [0.5, 0.6) is 0 Å². The summed E-state index contributed by atoms with van der Waals surface area (Å²) < 4.78 is 1.71. The van der Waals surface area contributed by atoms with E-state index in [0.29, 0.717) is 5.92 Å². The van der Waals surface area contributed by atoms with Crippen molar-refractivity contribution < 1.29 is 5.11 Å². The third-order valence-electron chi connectivity index (χ3n) is 3.97. The highest BCUT2D eigenvalue weighted by Gasteiger charge is 2.52. The standard InChI is InChI=1S/C10H15N3O/c1-13-9(6-11-12-13)10(14)5-7-2-3-8(10)4-7/h6-8,14H,2-5H2,1H3. The average Bonchev–Trinajstić information content (AvgIpc) is 2.78. The van der Waals surface area contributed by atoms with E-state index in [-0.39, 0.29) is 0 Å². The summed E-state index contributed by atoms with van der Waals surface area (Å²) in [5.74, 6) is 1.16. The summed E-state index contributed by atoms with van der Waals surface area (Å²) in [6.07, 6.45) is 6.24. The zero-order valence-electron chi connectivity index (χ0n) is 8.35. The molecule has 1 aromatic rings. The van der Waals surface area contributed by atoms with Crippen LogP contribution in [-0.2, 0) is 12.6 Å². The molecule has 1 aromatic heterocycles. The van der Waals surface area contributed by atoms with Gasteiger partial charge in [0.05, 0.1) is 11.9 Å². The molecular weight excluding hydrogens is 178 g/mol. The van der Waals surface area contributed by atoms with Gasteiger partial charge in [-0.3, -0.25) is 0 Å². The Labute approximate surface area is 82.9 Å². The fourth-order valence-electron chi connectivity index (χ4n) is 3.30. The van der Waals surface area contributed by atoms with Gasteiger partial charge in [-0.1, -0.05) is 5.21 Å². The summed E-state index contributed by atoms with van der Waals surface area (Å²) in [4.78, 5) is 0. The predicted molar refractivity (Wildman–Crippen MR) is 50.3 cm³/mol. The summed E-state index contributed by atoms with van der Waals surface area (Å²) in [5.41, 5.74) is 0.256. The van der Waals surface area contributed by atoms with Crippen LogP contribution in [0.2, 0.25) is 0 Å². The predicted octanol–water partition coefficient (Wildman–Crippen LogP) is 0.823. The van der Waals surface area contributed by atoms with Crippen molar-refractivity contribution in [2.45, 2.75) is 31.3 Å². The Bertz CT molecular complexity index is 362. The molecular formula is C10H15N3O. The number of aromatic nitrogens is 3. The Balaban J connectivity index is 2.02. The molecule has 4 heteroatoms. The van der Waals surface area contributed by atoms with Crippen LogP contribution in [0.15, 0.2) is 6.20 Å². The van der Waals surface area contributed by atoms with E-state index in [1.807, 2.05) is 7.05 Å². The van der Waals surface area contributed by atoms with Gasteiger partial charge in [-0.05, 0) is 37.5 Å². The summed E-state index contributed by atoms with van der Waals surface area (Å²) in [5, 5.41) is 18.4. The largest absolute Gasteiger partial charge is 0.383 e. The zero-order valence-corrected chi connectivity index (χ0v) is 8.35. The smallest absolute Gasteiger partial charge is 0.111 e. The van der Waals surface area contributed by atoms with Gasteiger partial charge in [-0.2, -0.15) is 0 Å². The molecule has 0 spiro atoms. The van der Waals surface area contributed by atoms with Gasteiger partial charge >= 0.3 is 0 Å². The van der Waals surface area contributed by atoms with Crippen molar-refractivity contribution in [2.24, 2.45) is 18.9 Å². The Morgan fingerprint density at radius 2 is 2.43 bits per heavy atom. The van der Waals surface area contributed by atoms with Crippen molar-refractivity contribution in [3.05, 3.63) is 11.9 Å². The lowest BCUT2D eigenvalue weighted by Crippen LogP contribution is -2.34. The van der Waals surface area contributed by atoms with E-state index >= 15 is 0 Å². The van der Waals surface area contributed by atoms with Crippen molar-refractivity contribution in [3.63, 3.8) is 0 Å². The molecule has 0 aromatic carbocycles. The first-order valence-corrected chi connectivity index (χ1v) is 5.27. The lowest BCUT2D eigenvalue weighted by atomic mass is 9.82. The number of aliphatic hydroxyl groups is 1. The molecule has 3 unspecified atom stereocenters. The van der Waals surface area contributed by atoms with E-state index in [9.17, 15) is 5.11 Å². The van der Waals surface area contributed by atoms with Crippen molar-refractivity contribution >= 4 is 0 Å². The summed E-state index contributed by atoms with van der Waals surface area (Å²) >= 11 is 0. The number of aryl methyl sites for hydroxylation is 1. The first-order valence-electron chi connectivity index (χ1n) is 5.27. The molecule has 1 N–H and O–H groups in total. The maximum atomic E-state index is 10.6. The molecule has 0 saturated heterocycles. The van der Waals surface area contributed by atoms with Crippen LogP contribution < -0.4 is 0 Å². The minimum Gasteiger partial charge on any atom is -0.383 e. The molecule has 2 saturated carbocycles. The Kier molecular flexibility index (Phi) is 1.54. The van der Waals surface area contributed by atoms with Crippen LogP contribution in [0.25, 0.3) is 0 Å². The third-order valence-corrected chi connectivity index (χ3v) is 3.97. The Hall–Kier alpha value is -0.900. The third kappa shape index (κ3) is 0.919. The number of hydrogen-bond donors (Lipinski definition) is 1. The monoisotopic (exact) mass is 193 g/mol. The number of rotatable bonds is 1. The zero-order chi connectivity index (χ0) is 9.76. The van der Waals surface area contributed by atoms with Crippen LogP contribution in [0.4, 0.5) is 0 Å². The lowest BCUT2D eigenvalue weighted by Gasteiger charge is -2.31. The number of nitrogens with zero attached hydrogens (tertiary/aromatic N) is 3. The Morgan fingerprint density at radius 3 is 2.93 bits per heavy atom. The second kappa shape index (κ2) is 2.57. The second-order valence-electron chi connectivity index (χ2n) is 4.75. The number of fused-ring (bicyclic) bond motifs is 2. The van der Waals surface area contributed by atoms with E-state index in [0.717, 1.165) is 24.5 Å². The highest BCUT2D eigenvalue weighted by molar-refractivity contribution is 5.16. The lowest BCUT2D eigenvalue weighted by molar-refractivity contribution is -0.0253. The highest BCUT2D eigenvalue weighted by atomic mass is 16.3. The molecule has 2 aliphatic rings. The average molecular weight is 193 g/mol. The SMILES string of the molecule is Cn1nncc1C1(O)CC2CCC1C2. The minimum atomic E-state index is -0.638. The van der Waals surface area contributed by atoms with Gasteiger partial charge in [0.2, 0.25) is 0 Å². The van der Waals surface area contributed by atoms with Crippen LogP contribution in [0, 0.1) is 11.8 Å². The molecule has 0 amide bonds. The van der Waals surface area contributed by atoms with Gasteiger partial charge in [-0.25, -0.2) is 4.68 Å². The normalized spacial score (nSPS) is 40.7. The van der Waals surface area contributed by atoms with Gasteiger partial charge in [0.1, 0.15) is 5.60 Å². The molecule has 76 valence electrons. The van der Waals surface area contributed by atoms with Gasteiger partial charge in [-0.15, -0.1) is 5.10 Å². The molecule has 4 nitrogen and oxygen atoms in total. The summed E-state index contributed by atoms with van der Waals surface area (Å²) in [6, 6.07) is 0. The first kappa shape index (κ1) is 8.41. The molecule has 1 heterocycles. The van der Waals surface area contributed by atoms with E-state index in [1.54, 1.807) is 10.9 Å². The van der Waals surface area contributed by atoms with E-state index in [4.69, 9.17) is 0 Å². The minimum absolute atomic E-state index is 0.435. The summed E-state index contributed by atoms with van der Waals surface area (Å²) in [7, 11) is 1.85. The molecule has 2 fully saturated rings. The summed E-state index contributed by atoms with van der Waals surface area (Å²) in [6.45, 7) is 0. The van der Waals surface area contributed by atoms with Gasteiger partial charge in [0.15, 0.2) is 0 Å². The molecule has 14 heavy (non-hydrogen) atoms.